The van der Waals surface area contributed by atoms with Crippen LogP contribution in [0.5, 0.6) is 5.75 Å². The van der Waals surface area contributed by atoms with Gasteiger partial charge in [-0.25, -0.2) is 12.8 Å². The number of sulfonamides is 1. The zero-order chi connectivity index (χ0) is 20.1. The molecule has 1 fully saturated rings. The molecule has 1 aliphatic rings. The minimum absolute atomic E-state index is 0.0394. The topological polar surface area (TPSA) is 72.9 Å². The van der Waals surface area contributed by atoms with Crippen molar-refractivity contribution in [2.75, 3.05) is 20.2 Å². The molecule has 0 unspecified atom stereocenters. The molecule has 6 nitrogen and oxygen atoms in total. The van der Waals surface area contributed by atoms with Gasteiger partial charge < -0.3 is 9.47 Å². The quantitative estimate of drug-likeness (QED) is 0.689. The largest absolute Gasteiger partial charge is 0.494 e. The third-order valence-electron chi connectivity index (χ3n) is 4.77. The van der Waals surface area contributed by atoms with Crippen LogP contribution in [0.25, 0.3) is 0 Å². The zero-order valence-corrected chi connectivity index (χ0v) is 16.3. The lowest BCUT2D eigenvalue weighted by atomic mass is 9.98. The van der Waals surface area contributed by atoms with Crippen LogP contribution < -0.4 is 4.74 Å². The lowest BCUT2D eigenvalue weighted by molar-refractivity contribution is -0.151. The number of benzene rings is 2. The van der Waals surface area contributed by atoms with Gasteiger partial charge in [0, 0.05) is 13.1 Å². The van der Waals surface area contributed by atoms with E-state index in [9.17, 15) is 17.6 Å². The second-order valence-corrected chi connectivity index (χ2v) is 8.51. The number of rotatable bonds is 6. The van der Waals surface area contributed by atoms with Crippen LogP contribution in [-0.2, 0) is 26.2 Å². The summed E-state index contributed by atoms with van der Waals surface area (Å²) in [7, 11) is -2.17. The summed E-state index contributed by atoms with van der Waals surface area (Å²) < 4.78 is 50.5. The molecule has 1 saturated heterocycles. The van der Waals surface area contributed by atoms with Crippen LogP contribution in [-0.4, -0.2) is 38.9 Å². The first kappa shape index (κ1) is 20.3. The lowest BCUT2D eigenvalue weighted by Crippen LogP contribution is -2.40. The molecule has 0 N–H and O–H groups in total. The van der Waals surface area contributed by atoms with Crippen LogP contribution in [0, 0.1) is 11.7 Å². The van der Waals surface area contributed by atoms with E-state index in [1.807, 2.05) is 0 Å². The summed E-state index contributed by atoms with van der Waals surface area (Å²) in [6.07, 6.45) is 0.781. The molecule has 0 aromatic heterocycles. The summed E-state index contributed by atoms with van der Waals surface area (Å²) in [5.41, 5.74) is 0.524. The standard InChI is InChI=1S/C20H22FNO5S/c1-26-19-8-7-15(13-18(19)21)14-27-20(23)16-9-11-22(12-10-16)28(24,25)17-5-3-2-4-6-17/h2-8,13,16H,9-12,14H2,1H3. The van der Waals surface area contributed by atoms with Crippen LogP contribution in [0.1, 0.15) is 18.4 Å². The molecule has 3 rings (SSSR count). The SMILES string of the molecule is COc1ccc(COC(=O)C2CCN(S(=O)(=O)c3ccccc3)CC2)cc1F. The zero-order valence-electron chi connectivity index (χ0n) is 15.5. The molecule has 1 aliphatic heterocycles. The van der Waals surface area contributed by atoms with E-state index >= 15 is 0 Å². The summed E-state index contributed by atoms with van der Waals surface area (Å²) >= 11 is 0. The number of nitrogens with zero attached hydrogens (tertiary/aromatic N) is 1. The molecular weight excluding hydrogens is 385 g/mol. The molecule has 8 heteroatoms. The summed E-state index contributed by atoms with van der Waals surface area (Å²) in [5, 5.41) is 0. The second-order valence-electron chi connectivity index (χ2n) is 6.57. The van der Waals surface area contributed by atoms with E-state index in [-0.39, 0.29) is 36.3 Å². The summed E-state index contributed by atoms with van der Waals surface area (Å²) in [5.74, 6) is -1.16. The Morgan fingerprint density at radius 2 is 1.82 bits per heavy atom. The average molecular weight is 407 g/mol. The Morgan fingerprint density at radius 1 is 1.14 bits per heavy atom. The highest BCUT2D eigenvalue weighted by Crippen LogP contribution is 2.25. The lowest BCUT2D eigenvalue weighted by Gasteiger charge is -2.30. The molecule has 28 heavy (non-hydrogen) atoms. The third-order valence-corrected chi connectivity index (χ3v) is 6.68. The van der Waals surface area contributed by atoms with Gasteiger partial charge in [-0.05, 0) is 42.7 Å². The molecule has 0 bridgehead atoms. The first-order valence-electron chi connectivity index (χ1n) is 8.96. The molecule has 0 atom stereocenters. The van der Waals surface area contributed by atoms with E-state index < -0.39 is 21.8 Å². The van der Waals surface area contributed by atoms with Crippen molar-refractivity contribution in [3.8, 4) is 5.75 Å². The van der Waals surface area contributed by atoms with E-state index in [0.29, 0.717) is 18.4 Å². The highest BCUT2D eigenvalue weighted by Gasteiger charge is 2.32. The van der Waals surface area contributed by atoms with E-state index in [1.54, 1.807) is 36.4 Å². The number of ether oxygens (including phenoxy) is 2. The van der Waals surface area contributed by atoms with E-state index in [4.69, 9.17) is 9.47 Å². The number of hydrogen-bond acceptors (Lipinski definition) is 5. The first-order chi connectivity index (χ1) is 13.4. The van der Waals surface area contributed by atoms with Crippen molar-refractivity contribution in [1.82, 2.24) is 4.31 Å². The van der Waals surface area contributed by atoms with Gasteiger partial charge in [-0.2, -0.15) is 4.31 Å². The van der Waals surface area contributed by atoms with Gasteiger partial charge in [0.25, 0.3) is 0 Å². The van der Waals surface area contributed by atoms with Crippen molar-refractivity contribution in [1.29, 1.82) is 0 Å². The highest BCUT2D eigenvalue weighted by molar-refractivity contribution is 7.89. The van der Waals surface area contributed by atoms with Gasteiger partial charge in [-0.1, -0.05) is 24.3 Å². The Kier molecular flexibility index (Phi) is 6.31. The Hall–Kier alpha value is -2.45. The first-order valence-corrected chi connectivity index (χ1v) is 10.4. The number of hydrogen-bond donors (Lipinski definition) is 0. The van der Waals surface area contributed by atoms with Gasteiger partial charge in [0.05, 0.1) is 17.9 Å². The number of carbonyl (C=O) groups excluding carboxylic acids is 1. The number of halogens is 1. The Morgan fingerprint density at radius 3 is 2.43 bits per heavy atom. The van der Waals surface area contributed by atoms with Gasteiger partial charge in [0.15, 0.2) is 11.6 Å². The molecule has 0 saturated carbocycles. The minimum Gasteiger partial charge on any atom is -0.494 e. The molecule has 0 amide bonds. The molecule has 0 aliphatic carbocycles. The Labute approximate surface area is 163 Å². The van der Waals surface area contributed by atoms with E-state index in [1.165, 1.54) is 23.5 Å². The fourth-order valence-corrected chi connectivity index (χ4v) is 4.64. The number of esters is 1. The predicted octanol–water partition coefficient (Wildman–Crippen LogP) is 2.98. The number of carbonyl (C=O) groups is 1. The maximum atomic E-state index is 13.7. The van der Waals surface area contributed by atoms with Crippen molar-refractivity contribution in [2.24, 2.45) is 5.92 Å². The van der Waals surface area contributed by atoms with Crippen molar-refractivity contribution in [3.63, 3.8) is 0 Å². The summed E-state index contributed by atoms with van der Waals surface area (Å²) in [6.45, 7) is 0.477. The molecule has 0 radical (unpaired) electrons. The normalized spacial score (nSPS) is 15.9. The van der Waals surface area contributed by atoms with E-state index in [2.05, 4.69) is 0 Å². The molecule has 1 heterocycles. The van der Waals surface area contributed by atoms with Crippen LogP contribution in [0.2, 0.25) is 0 Å². The van der Waals surface area contributed by atoms with Gasteiger partial charge >= 0.3 is 5.97 Å². The molecule has 2 aromatic rings. The van der Waals surface area contributed by atoms with Crippen LogP contribution in [0.15, 0.2) is 53.4 Å². The fourth-order valence-electron chi connectivity index (χ4n) is 3.15. The monoisotopic (exact) mass is 407 g/mol. The Bertz CT molecular complexity index is 925. The number of piperidine rings is 1. The predicted molar refractivity (Wildman–Crippen MR) is 101 cm³/mol. The summed E-state index contributed by atoms with van der Waals surface area (Å²) in [6, 6.07) is 12.6. The van der Waals surface area contributed by atoms with Gasteiger partial charge in [-0.15, -0.1) is 0 Å². The van der Waals surface area contributed by atoms with Gasteiger partial charge in [0.2, 0.25) is 10.0 Å². The molecule has 150 valence electrons. The van der Waals surface area contributed by atoms with Crippen molar-refractivity contribution < 1.29 is 27.1 Å². The highest BCUT2D eigenvalue weighted by atomic mass is 32.2. The van der Waals surface area contributed by atoms with E-state index in [0.717, 1.165) is 0 Å². The fraction of sp³-hybridized carbons (Fsp3) is 0.350. The van der Waals surface area contributed by atoms with Crippen molar-refractivity contribution >= 4 is 16.0 Å². The molecular formula is C20H22FNO5S. The third kappa shape index (κ3) is 4.51. The average Bonchev–Trinajstić information content (AvgIpc) is 2.73. The minimum atomic E-state index is -3.55. The second kappa shape index (κ2) is 8.70. The van der Waals surface area contributed by atoms with Crippen molar-refractivity contribution in [2.45, 2.75) is 24.3 Å². The van der Waals surface area contributed by atoms with Gasteiger partial charge in [-0.3, -0.25) is 4.79 Å². The smallest absolute Gasteiger partial charge is 0.309 e. The van der Waals surface area contributed by atoms with Crippen LogP contribution >= 0.6 is 0 Å². The summed E-state index contributed by atoms with van der Waals surface area (Å²) in [4.78, 5) is 12.5. The number of methoxy groups -OCH3 is 1. The maximum absolute atomic E-state index is 13.7. The van der Waals surface area contributed by atoms with Crippen LogP contribution in [0.4, 0.5) is 4.39 Å². The Balaban J connectivity index is 1.53. The molecule has 2 aromatic carbocycles. The van der Waals surface area contributed by atoms with Crippen LogP contribution in [0.3, 0.4) is 0 Å². The maximum Gasteiger partial charge on any atom is 0.309 e. The van der Waals surface area contributed by atoms with Gasteiger partial charge in [0.1, 0.15) is 6.61 Å². The van der Waals surface area contributed by atoms with Crippen molar-refractivity contribution in [3.05, 3.63) is 59.9 Å². The molecule has 0 spiro atoms.